The fourth-order valence-electron chi connectivity index (χ4n) is 1.97. The average molecular weight is 279 g/mol. The zero-order valence-corrected chi connectivity index (χ0v) is 11.0. The normalized spacial score (nSPS) is 11.6. The maximum absolute atomic E-state index is 12.6. The van der Waals surface area contributed by atoms with E-state index in [1.54, 1.807) is 6.07 Å². The first-order chi connectivity index (χ1) is 9.55. The molecule has 0 aliphatic rings. The highest BCUT2D eigenvalue weighted by Crippen LogP contribution is 2.29. The predicted octanol–water partition coefficient (Wildman–Crippen LogP) is 4.04. The molecule has 20 heavy (non-hydrogen) atoms. The Morgan fingerprint density at radius 2 is 1.55 bits per heavy atom. The number of rotatable bonds is 5. The van der Waals surface area contributed by atoms with E-state index in [4.69, 9.17) is 0 Å². The summed E-state index contributed by atoms with van der Waals surface area (Å²) in [6.45, 7) is 1.18. The Balaban J connectivity index is 1.83. The molecule has 0 heterocycles. The lowest BCUT2D eigenvalue weighted by Crippen LogP contribution is -2.17. The van der Waals surface area contributed by atoms with E-state index in [9.17, 15) is 13.2 Å². The van der Waals surface area contributed by atoms with Crippen molar-refractivity contribution in [3.63, 3.8) is 0 Å². The minimum atomic E-state index is -4.28. The molecule has 0 aliphatic heterocycles. The Morgan fingerprint density at radius 3 is 2.25 bits per heavy atom. The summed E-state index contributed by atoms with van der Waals surface area (Å²) >= 11 is 0. The summed E-state index contributed by atoms with van der Waals surface area (Å²) in [7, 11) is 0. The first-order valence-electron chi connectivity index (χ1n) is 6.46. The van der Waals surface area contributed by atoms with E-state index in [0.717, 1.165) is 19.0 Å². The fraction of sp³-hybridized carbons (Fsp3) is 0.250. The molecule has 2 aromatic carbocycles. The zero-order chi connectivity index (χ0) is 14.4. The largest absolute Gasteiger partial charge is 0.416 e. The SMILES string of the molecule is FC(F)(F)c1cccc(CNCCc2ccccc2)c1. The molecule has 1 nitrogen and oxygen atoms in total. The molecule has 106 valence electrons. The van der Waals surface area contributed by atoms with E-state index in [2.05, 4.69) is 5.32 Å². The molecule has 0 unspecified atom stereocenters. The van der Waals surface area contributed by atoms with Crippen LogP contribution in [0.5, 0.6) is 0 Å². The van der Waals surface area contributed by atoms with Gasteiger partial charge in [-0.3, -0.25) is 0 Å². The quantitative estimate of drug-likeness (QED) is 0.815. The second kappa shape index (κ2) is 6.57. The molecule has 0 saturated carbocycles. The lowest BCUT2D eigenvalue weighted by Gasteiger charge is -2.09. The second-order valence-corrected chi connectivity index (χ2v) is 4.61. The van der Waals surface area contributed by atoms with Crippen molar-refractivity contribution in [3.05, 3.63) is 71.3 Å². The highest BCUT2D eigenvalue weighted by atomic mass is 19.4. The maximum Gasteiger partial charge on any atom is 0.416 e. The predicted molar refractivity (Wildman–Crippen MR) is 73.3 cm³/mol. The van der Waals surface area contributed by atoms with Gasteiger partial charge in [-0.15, -0.1) is 0 Å². The standard InChI is InChI=1S/C16H16F3N/c17-16(18,19)15-8-4-7-14(11-15)12-20-10-9-13-5-2-1-3-6-13/h1-8,11,20H,9-10,12H2. The van der Waals surface area contributed by atoms with Crippen molar-refractivity contribution in [2.24, 2.45) is 0 Å². The van der Waals surface area contributed by atoms with Crippen LogP contribution < -0.4 is 5.32 Å². The van der Waals surface area contributed by atoms with E-state index < -0.39 is 11.7 Å². The van der Waals surface area contributed by atoms with E-state index in [1.807, 2.05) is 30.3 Å². The molecule has 0 saturated heterocycles. The molecule has 1 N–H and O–H groups in total. The molecule has 0 aromatic heterocycles. The van der Waals surface area contributed by atoms with Crippen molar-refractivity contribution in [3.8, 4) is 0 Å². The van der Waals surface area contributed by atoms with Crippen LogP contribution in [-0.2, 0) is 19.1 Å². The molecule has 0 radical (unpaired) electrons. The van der Waals surface area contributed by atoms with Crippen molar-refractivity contribution in [2.75, 3.05) is 6.54 Å². The summed E-state index contributed by atoms with van der Waals surface area (Å²) in [6, 6.07) is 15.4. The van der Waals surface area contributed by atoms with Crippen molar-refractivity contribution in [1.82, 2.24) is 5.32 Å². The number of hydrogen-bond donors (Lipinski definition) is 1. The highest BCUT2D eigenvalue weighted by molar-refractivity contribution is 5.25. The van der Waals surface area contributed by atoms with Gasteiger partial charge >= 0.3 is 6.18 Å². The molecule has 0 fully saturated rings. The van der Waals surface area contributed by atoms with Crippen molar-refractivity contribution in [2.45, 2.75) is 19.1 Å². The van der Waals surface area contributed by atoms with Crippen LogP contribution in [0.3, 0.4) is 0 Å². The van der Waals surface area contributed by atoms with Gasteiger partial charge < -0.3 is 5.32 Å². The zero-order valence-electron chi connectivity index (χ0n) is 11.0. The molecule has 2 aromatic rings. The molecule has 0 aliphatic carbocycles. The van der Waals surface area contributed by atoms with Crippen LogP contribution in [0.4, 0.5) is 13.2 Å². The number of alkyl halides is 3. The molecule has 2 rings (SSSR count). The number of halogens is 3. The summed E-state index contributed by atoms with van der Waals surface area (Å²) in [4.78, 5) is 0. The monoisotopic (exact) mass is 279 g/mol. The van der Waals surface area contributed by atoms with Gasteiger partial charge in [-0.05, 0) is 30.2 Å². The minimum Gasteiger partial charge on any atom is -0.312 e. The minimum absolute atomic E-state index is 0.441. The first kappa shape index (κ1) is 14.6. The Kier molecular flexibility index (Phi) is 4.79. The lowest BCUT2D eigenvalue weighted by molar-refractivity contribution is -0.137. The van der Waals surface area contributed by atoms with Crippen LogP contribution in [0, 0.1) is 0 Å². The Hall–Kier alpha value is -1.81. The molecule has 0 atom stereocenters. The average Bonchev–Trinajstić information content (AvgIpc) is 2.44. The summed E-state index contributed by atoms with van der Waals surface area (Å²) in [6.07, 6.45) is -3.42. The molecule has 0 bridgehead atoms. The van der Waals surface area contributed by atoms with Crippen molar-refractivity contribution in [1.29, 1.82) is 0 Å². The van der Waals surface area contributed by atoms with Gasteiger partial charge in [-0.2, -0.15) is 13.2 Å². The third kappa shape index (κ3) is 4.38. The van der Waals surface area contributed by atoms with E-state index in [-0.39, 0.29) is 0 Å². The van der Waals surface area contributed by atoms with Gasteiger partial charge in [0.2, 0.25) is 0 Å². The third-order valence-electron chi connectivity index (χ3n) is 3.02. The van der Waals surface area contributed by atoms with Gasteiger partial charge in [0.05, 0.1) is 5.56 Å². The van der Waals surface area contributed by atoms with Gasteiger partial charge in [0.25, 0.3) is 0 Å². The van der Waals surface area contributed by atoms with Crippen molar-refractivity contribution < 1.29 is 13.2 Å². The highest BCUT2D eigenvalue weighted by Gasteiger charge is 2.30. The molecular weight excluding hydrogens is 263 g/mol. The van der Waals surface area contributed by atoms with E-state index in [0.29, 0.717) is 12.1 Å². The van der Waals surface area contributed by atoms with Crippen LogP contribution >= 0.6 is 0 Å². The Bertz CT molecular complexity index is 535. The van der Waals surface area contributed by atoms with E-state index >= 15 is 0 Å². The smallest absolute Gasteiger partial charge is 0.312 e. The Morgan fingerprint density at radius 1 is 0.850 bits per heavy atom. The number of hydrogen-bond acceptors (Lipinski definition) is 1. The molecular formula is C16H16F3N. The van der Waals surface area contributed by atoms with Gasteiger partial charge in [0.15, 0.2) is 0 Å². The topological polar surface area (TPSA) is 12.0 Å². The summed E-state index contributed by atoms with van der Waals surface area (Å²) in [5.41, 5.74) is 1.26. The summed E-state index contributed by atoms with van der Waals surface area (Å²) < 4.78 is 37.7. The maximum atomic E-state index is 12.6. The van der Waals surface area contributed by atoms with Gasteiger partial charge in [-0.1, -0.05) is 48.5 Å². The van der Waals surface area contributed by atoms with Gasteiger partial charge in [0, 0.05) is 6.54 Å². The molecule has 4 heteroatoms. The van der Waals surface area contributed by atoms with Crippen molar-refractivity contribution >= 4 is 0 Å². The van der Waals surface area contributed by atoms with Gasteiger partial charge in [-0.25, -0.2) is 0 Å². The van der Waals surface area contributed by atoms with Crippen LogP contribution in [-0.4, -0.2) is 6.54 Å². The first-order valence-corrected chi connectivity index (χ1v) is 6.46. The second-order valence-electron chi connectivity index (χ2n) is 4.61. The van der Waals surface area contributed by atoms with E-state index in [1.165, 1.54) is 17.7 Å². The van der Waals surface area contributed by atoms with Gasteiger partial charge in [0.1, 0.15) is 0 Å². The van der Waals surface area contributed by atoms with Crippen LogP contribution in [0.25, 0.3) is 0 Å². The van der Waals surface area contributed by atoms with Crippen LogP contribution in [0.1, 0.15) is 16.7 Å². The molecule has 0 spiro atoms. The number of nitrogens with one attached hydrogen (secondary N) is 1. The van der Waals surface area contributed by atoms with Crippen LogP contribution in [0.15, 0.2) is 54.6 Å². The summed E-state index contributed by atoms with van der Waals surface area (Å²) in [5.74, 6) is 0. The number of benzene rings is 2. The third-order valence-corrected chi connectivity index (χ3v) is 3.02. The summed E-state index contributed by atoms with van der Waals surface area (Å²) in [5, 5.41) is 3.16. The lowest BCUT2D eigenvalue weighted by atomic mass is 10.1. The fourth-order valence-corrected chi connectivity index (χ4v) is 1.97. The molecule has 0 amide bonds. The Labute approximate surface area is 116 Å². The van der Waals surface area contributed by atoms with Crippen LogP contribution in [0.2, 0.25) is 0 Å².